The summed E-state index contributed by atoms with van der Waals surface area (Å²) >= 11 is 0. The summed E-state index contributed by atoms with van der Waals surface area (Å²) in [5, 5.41) is 6.70. The third-order valence-corrected chi connectivity index (χ3v) is 6.77. The van der Waals surface area contributed by atoms with Gasteiger partial charge in [0.05, 0.1) is 10.4 Å². The van der Waals surface area contributed by atoms with Gasteiger partial charge in [0.1, 0.15) is 0 Å². The molecule has 0 bridgehead atoms. The monoisotopic (exact) mass is 428 g/mol. The van der Waals surface area contributed by atoms with E-state index in [9.17, 15) is 22.0 Å². The molecule has 0 unspecified atom stereocenters. The Morgan fingerprint density at radius 2 is 1.90 bits per heavy atom. The van der Waals surface area contributed by atoms with E-state index < -0.39 is 33.1 Å². The van der Waals surface area contributed by atoms with Gasteiger partial charge in [0, 0.05) is 25.9 Å². The van der Waals surface area contributed by atoms with Gasteiger partial charge in [-0.2, -0.15) is 9.29 Å². The van der Waals surface area contributed by atoms with Crippen molar-refractivity contribution in [2.45, 2.75) is 44.0 Å². The van der Waals surface area contributed by atoms with Crippen LogP contribution in [-0.4, -0.2) is 41.9 Å². The molecule has 2 aromatic rings. The predicted octanol–water partition coefficient (Wildman–Crippen LogP) is 2.11. The van der Waals surface area contributed by atoms with Crippen molar-refractivity contribution in [2.24, 2.45) is 5.92 Å². The number of sulfonamides is 1. The van der Waals surface area contributed by atoms with E-state index in [1.165, 1.54) is 4.31 Å². The molecule has 158 valence electrons. The van der Waals surface area contributed by atoms with Crippen LogP contribution in [0.4, 0.5) is 8.78 Å². The lowest BCUT2D eigenvalue weighted by molar-refractivity contribution is -0.128. The van der Waals surface area contributed by atoms with E-state index in [4.69, 9.17) is 4.52 Å². The lowest BCUT2D eigenvalue weighted by Gasteiger charge is -2.32. The molecule has 1 fully saturated rings. The van der Waals surface area contributed by atoms with Gasteiger partial charge in [-0.3, -0.25) is 4.79 Å². The Bertz CT molecular complexity index is 1010. The second kappa shape index (κ2) is 7.79. The van der Waals surface area contributed by atoms with Crippen molar-refractivity contribution in [1.82, 2.24) is 19.8 Å². The van der Waals surface area contributed by atoms with E-state index >= 15 is 0 Å². The van der Waals surface area contributed by atoms with E-state index in [1.54, 1.807) is 20.8 Å². The molecule has 3 rings (SSSR count). The normalized spacial score (nSPS) is 16.7. The maximum absolute atomic E-state index is 13.4. The molecule has 1 aromatic heterocycles. The first-order chi connectivity index (χ1) is 13.5. The third kappa shape index (κ3) is 4.45. The third-order valence-electron chi connectivity index (χ3n) is 4.88. The summed E-state index contributed by atoms with van der Waals surface area (Å²) in [7, 11) is -3.96. The molecule has 1 saturated heterocycles. The van der Waals surface area contributed by atoms with Gasteiger partial charge in [-0.1, -0.05) is 5.16 Å². The van der Waals surface area contributed by atoms with Crippen molar-refractivity contribution >= 4 is 15.9 Å². The van der Waals surface area contributed by atoms with Gasteiger partial charge >= 0.3 is 0 Å². The van der Waals surface area contributed by atoms with Crippen LogP contribution in [0.15, 0.2) is 27.6 Å². The number of hydrogen-bond donors (Lipinski definition) is 1. The number of carbonyl (C=O) groups excluding carboxylic acids is 1. The first kappa shape index (κ1) is 21.3. The molecule has 0 aliphatic carbocycles. The molecule has 2 heterocycles. The molecule has 29 heavy (non-hydrogen) atoms. The summed E-state index contributed by atoms with van der Waals surface area (Å²) in [6, 6.07) is 2.48. The summed E-state index contributed by atoms with van der Waals surface area (Å²) in [4.78, 5) is 16.5. The Kier molecular flexibility index (Phi) is 5.72. The minimum absolute atomic E-state index is 0.0984. The summed E-state index contributed by atoms with van der Waals surface area (Å²) in [6.07, 6.45) is 0.603. The van der Waals surface area contributed by atoms with E-state index in [1.807, 2.05) is 0 Å². The number of nitrogens with one attached hydrogen (secondary N) is 1. The average molecular weight is 428 g/mol. The Morgan fingerprint density at radius 1 is 1.24 bits per heavy atom. The highest BCUT2D eigenvalue weighted by molar-refractivity contribution is 7.89. The Hall–Kier alpha value is -2.40. The number of aromatic nitrogens is 2. The van der Waals surface area contributed by atoms with Crippen LogP contribution >= 0.6 is 0 Å². The van der Waals surface area contributed by atoms with E-state index in [2.05, 4.69) is 15.5 Å². The van der Waals surface area contributed by atoms with Crippen molar-refractivity contribution in [3.8, 4) is 0 Å². The number of amides is 1. The number of nitrogens with zero attached hydrogens (tertiary/aromatic N) is 3. The molecule has 0 atom stereocenters. The number of piperidine rings is 1. The topological polar surface area (TPSA) is 105 Å². The highest BCUT2D eigenvalue weighted by atomic mass is 32.2. The summed E-state index contributed by atoms with van der Waals surface area (Å²) in [5.74, 6) is -2.22. The molecule has 0 saturated carbocycles. The number of rotatable bonds is 5. The van der Waals surface area contributed by atoms with Crippen LogP contribution in [0, 0.1) is 24.5 Å². The van der Waals surface area contributed by atoms with Gasteiger partial charge in [0.15, 0.2) is 17.5 Å². The van der Waals surface area contributed by atoms with Crippen LogP contribution in [0.1, 0.15) is 38.4 Å². The molecule has 1 aliphatic heterocycles. The van der Waals surface area contributed by atoms with Crippen LogP contribution in [0.3, 0.4) is 0 Å². The lowest BCUT2D eigenvalue weighted by Crippen LogP contribution is -2.48. The van der Waals surface area contributed by atoms with Crippen molar-refractivity contribution < 1.29 is 26.5 Å². The molecule has 1 aromatic carbocycles. The molecule has 1 amide bonds. The van der Waals surface area contributed by atoms with E-state index in [0.717, 1.165) is 12.1 Å². The Labute approximate surface area is 167 Å². The van der Waals surface area contributed by atoms with Crippen LogP contribution < -0.4 is 5.32 Å². The SMILES string of the molecule is Cc1nc(C(C)(C)NC(=O)C2CCN(S(=O)(=O)c3ccc(F)c(F)c3)CC2)no1. The van der Waals surface area contributed by atoms with Crippen LogP contribution in [-0.2, 0) is 20.4 Å². The van der Waals surface area contributed by atoms with Crippen molar-refractivity contribution in [3.05, 3.63) is 41.5 Å². The molecule has 0 radical (unpaired) electrons. The van der Waals surface area contributed by atoms with E-state index in [-0.39, 0.29) is 23.9 Å². The smallest absolute Gasteiger partial charge is 0.243 e. The van der Waals surface area contributed by atoms with Gasteiger partial charge in [-0.25, -0.2) is 17.2 Å². The van der Waals surface area contributed by atoms with Crippen LogP contribution in [0.25, 0.3) is 0 Å². The van der Waals surface area contributed by atoms with Gasteiger partial charge in [0.2, 0.25) is 21.8 Å². The Balaban J connectivity index is 1.63. The first-order valence-corrected chi connectivity index (χ1v) is 10.5. The second-order valence-electron chi connectivity index (χ2n) is 7.51. The molecular weight excluding hydrogens is 406 g/mol. The van der Waals surface area contributed by atoms with Gasteiger partial charge in [-0.15, -0.1) is 0 Å². The molecule has 1 N–H and O–H groups in total. The fourth-order valence-electron chi connectivity index (χ4n) is 3.16. The molecular formula is C18H22F2N4O4S. The van der Waals surface area contributed by atoms with Gasteiger partial charge < -0.3 is 9.84 Å². The minimum Gasteiger partial charge on any atom is -0.344 e. The van der Waals surface area contributed by atoms with Crippen LogP contribution in [0.2, 0.25) is 0 Å². The number of benzene rings is 1. The number of hydrogen-bond acceptors (Lipinski definition) is 6. The molecule has 1 aliphatic rings. The van der Waals surface area contributed by atoms with Crippen LogP contribution in [0.5, 0.6) is 0 Å². The fourth-order valence-corrected chi connectivity index (χ4v) is 4.65. The quantitative estimate of drug-likeness (QED) is 0.782. The molecule has 0 spiro atoms. The predicted molar refractivity (Wildman–Crippen MR) is 98.0 cm³/mol. The summed E-state index contributed by atoms with van der Waals surface area (Å²) in [6.45, 7) is 5.34. The number of carbonyl (C=O) groups is 1. The van der Waals surface area contributed by atoms with E-state index in [0.29, 0.717) is 30.6 Å². The minimum atomic E-state index is -3.96. The van der Waals surface area contributed by atoms with Crippen molar-refractivity contribution in [1.29, 1.82) is 0 Å². The van der Waals surface area contributed by atoms with Gasteiger partial charge in [-0.05, 0) is 44.9 Å². The standard InChI is InChI=1S/C18H22F2N4O4S/c1-11-21-17(23-28-11)18(2,3)22-16(25)12-6-8-24(9-7-12)29(26,27)13-4-5-14(19)15(20)10-13/h4-5,10,12H,6-9H2,1-3H3,(H,22,25). The zero-order valence-corrected chi connectivity index (χ0v) is 17.1. The summed E-state index contributed by atoms with van der Waals surface area (Å²) in [5.41, 5.74) is -0.844. The van der Waals surface area contributed by atoms with Gasteiger partial charge in [0.25, 0.3) is 0 Å². The highest BCUT2D eigenvalue weighted by Crippen LogP contribution is 2.26. The first-order valence-electron chi connectivity index (χ1n) is 9.09. The zero-order chi connectivity index (χ0) is 21.4. The lowest BCUT2D eigenvalue weighted by atomic mass is 9.95. The largest absolute Gasteiger partial charge is 0.344 e. The highest BCUT2D eigenvalue weighted by Gasteiger charge is 2.35. The number of aryl methyl sites for hydroxylation is 1. The second-order valence-corrected chi connectivity index (χ2v) is 9.44. The zero-order valence-electron chi connectivity index (χ0n) is 16.3. The maximum atomic E-state index is 13.4. The average Bonchev–Trinajstić information content (AvgIpc) is 3.11. The molecule has 11 heteroatoms. The Morgan fingerprint density at radius 3 is 2.45 bits per heavy atom. The maximum Gasteiger partial charge on any atom is 0.243 e. The summed E-state index contributed by atoms with van der Waals surface area (Å²) < 4.78 is 57.9. The fraction of sp³-hybridized carbons (Fsp3) is 0.500. The molecule has 8 nitrogen and oxygen atoms in total. The van der Waals surface area contributed by atoms with Crippen molar-refractivity contribution in [3.63, 3.8) is 0 Å². The van der Waals surface area contributed by atoms with Crippen molar-refractivity contribution in [2.75, 3.05) is 13.1 Å². The number of halogens is 2.